The molecule has 0 amide bonds. The normalized spacial score (nSPS) is 12.1. The van der Waals surface area contributed by atoms with Gasteiger partial charge in [0, 0.05) is 26.2 Å². The lowest BCUT2D eigenvalue weighted by atomic mass is 10.3. The fraction of sp³-hybridized carbons (Fsp3) is 0.529. The number of guanidine groups is 1. The van der Waals surface area contributed by atoms with Gasteiger partial charge in [-0.15, -0.1) is 24.0 Å². The van der Waals surface area contributed by atoms with E-state index in [9.17, 15) is 13.2 Å². The molecule has 0 fully saturated rings. The molecule has 0 spiro atoms. The van der Waals surface area contributed by atoms with Crippen molar-refractivity contribution < 1.29 is 13.2 Å². The second-order valence-electron chi connectivity index (χ2n) is 5.71. The molecule has 26 heavy (non-hydrogen) atoms. The molecular formula is C17H25F3IN5. The van der Waals surface area contributed by atoms with Crippen molar-refractivity contribution in [3.63, 3.8) is 0 Å². The maximum atomic E-state index is 12.2. The van der Waals surface area contributed by atoms with E-state index in [-0.39, 0.29) is 30.5 Å². The van der Waals surface area contributed by atoms with Crippen molar-refractivity contribution in [1.29, 1.82) is 0 Å². The summed E-state index contributed by atoms with van der Waals surface area (Å²) in [5.41, 5.74) is 2.05. The topological polar surface area (TPSA) is 54.2 Å². The Morgan fingerprint density at radius 1 is 1.23 bits per heavy atom. The quantitative estimate of drug-likeness (QED) is 0.272. The number of rotatable bonds is 7. The smallest absolute Gasteiger partial charge is 0.357 e. The number of benzene rings is 1. The fourth-order valence-corrected chi connectivity index (χ4v) is 2.56. The number of hydrogen-bond acceptors (Lipinski definition) is 2. The summed E-state index contributed by atoms with van der Waals surface area (Å²) in [5.74, 6) is 1.36. The van der Waals surface area contributed by atoms with Crippen LogP contribution in [0.2, 0.25) is 0 Å². The molecule has 146 valence electrons. The number of aliphatic imine (C=N–C) groups is 1. The van der Waals surface area contributed by atoms with Gasteiger partial charge in [-0.2, -0.15) is 13.2 Å². The molecule has 0 aliphatic heterocycles. The van der Waals surface area contributed by atoms with Crippen LogP contribution in [0.3, 0.4) is 0 Å². The van der Waals surface area contributed by atoms with Crippen LogP contribution in [-0.2, 0) is 6.54 Å². The Bertz CT molecular complexity index is 712. The van der Waals surface area contributed by atoms with Crippen molar-refractivity contribution in [3.8, 4) is 0 Å². The zero-order valence-electron chi connectivity index (χ0n) is 14.9. The Balaban J connectivity index is 0.00000338. The first kappa shape index (κ1) is 22.5. The zero-order chi connectivity index (χ0) is 18.3. The first-order valence-electron chi connectivity index (χ1n) is 8.41. The summed E-state index contributed by atoms with van der Waals surface area (Å²) in [4.78, 5) is 8.85. The van der Waals surface area contributed by atoms with E-state index in [1.54, 1.807) is 0 Å². The molecule has 0 aliphatic carbocycles. The predicted molar refractivity (Wildman–Crippen MR) is 109 cm³/mol. The van der Waals surface area contributed by atoms with Crippen LogP contribution in [0.25, 0.3) is 11.0 Å². The largest absolute Gasteiger partial charge is 0.390 e. The van der Waals surface area contributed by atoms with Crippen LogP contribution in [0.1, 0.15) is 25.6 Å². The molecule has 1 heterocycles. The number of aryl methyl sites for hydroxylation is 2. The van der Waals surface area contributed by atoms with Gasteiger partial charge in [0.1, 0.15) is 5.82 Å². The number of halogens is 4. The second kappa shape index (κ2) is 10.6. The summed E-state index contributed by atoms with van der Waals surface area (Å²) >= 11 is 0. The second-order valence-corrected chi connectivity index (χ2v) is 5.71. The van der Waals surface area contributed by atoms with Gasteiger partial charge in [-0.1, -0.05) is 12.1 Å². The van der Waals surface area contributed by atoms with Gasteiger partial charge in [-0.25, -0.2) is 4.98 Å². The maximum absolute atomic E-state index is 12.2. The van der Waals surface area contributed by atoms with Gasteiger partial charge in [0.15, 0.2) is 5.96 Å². The SMILES string of the molecule is CCNC(=NCCCn1c(C)nc2ccccc21)NCCC(F)(F)F.I. The number of nitrogens with one attached hydrogen (secondary N) is 2. The van der Waals surface area contributed by atoms with E-state index in [1.165, 1.54) is 0 Å². The van der Waals surface area contributed by atoms with E-state index in [0.29, 0.717) is 19.0 Å². The van der Waals surface area contributed by atoms with Crippen LogP contribution >= 0.6 is 24.0 Å². The highest BCUT2D eigenvalue weighted by molar-refractivity contribution is 14.0. The van der Waals surface area contributed by atoms with Crippen molar-refractivity contribution >= 4 is 41.0 Å². The number of imidazole rings is 1. The highest BCUT2D eigenvalue weighted by Crippen LogP contribution is 2.18. The average molecular weight is 483 g/mol. The summed E-state index contributed by atoms with van der Waals surface area (Å²) in [5, 5.41) is 5.67. The first-order valence-corrected chi connectivity index (χ1v) is 8.41. The van der Waals surface area contributed by atoms with Crippen LogP contribution in [-0.4, -0.2) is 41.3 Å². The minimum absolute atomic E-state index is 0. The molecule has 0 radical (unpaired) electrons. The molecule has 2 rings (SSSR count). The van der Waals surface area contributed by atoms with Crippen LogP contribution in [0.5, 0.6) is 0 Å². The lowest BCUT2D eigenvalue weighted by molar-refractivity contribution is -0.132. The van der Waals surface area contributed by atoms with Gasteiger partial charge in [0.25, 0.3) is 0 Å². The third-order valence-corrected chi connectivity index (χ3v) is 3.70. The lowest BCUT2D eigenvalue weighted by Gasteiger charge is -2.12. The standard InChI is InChI=1S/C17H24F3N5.HI/c1-3-21-16(23-11-9-17(18,19)20)22-10-6-12-25-13(2)24-14-7-4-5-8-15(14)25;/h4-5,7-8H,3,6,9-12H2,1-2H3,(H2,21,22,23);1H. The summed E-state index contributed by atoms with van der Waals surface area (Å²) in [6.07, 6.45) is -4.26. The van der Waals surface area contributed by atoms with Crippen LogP contribution in [0.15, 0.2) is 29.3 Å². The van der Waals surface area contributed by atoms with Crippen molar-refractivity contribution in [2.24, 2.45) is 4.99 Å². The summed E-state index contributed by atoms with van der Waals surface area (Å²) < 4.78 is 38.8. The molecule has 0 saturated carbocycles. The van der Waals surface area contributed by atoms with E-state index in [2.05, 4.69) is 25.2 Å². The predicted octanol–water partition coefficient (Wildman–Crippen LogP) is 3.86. The van der Waals surface area contributed by atoms with Gasteiger partial charge in [0.05, 0.1) is 17.5 Å². The minimum atomic E-state index is -4.16. The molecule has 0 unspecified atom stereocenters. The van der Waals surface area contributed by atoms with Crippen molar-refractivity contribution in [2.75, 3.05) is 19.6 Å². The molecule has 0 atom stereocenters. The summed E-state index contributed by atoms with van der Waals surface area (Å²) in [7, 11) is 0. The van der Waals surface area contributed by atoms with E-state index < -0.39 is 12.6 Å². The zero-order valence-corrected chi connectivity index (χ0v) is 17.3. The molecule has 0 bridgehead atoms. The van der Waals surface area contributed by atoms with Crippen LogP contribution in [0, 0.1) is 6.92 Å². The molecule has 9 heteroatoms. The van der Waals surface area contributed by atoms with Gasteiger partial charge >= 0.3 is 6.18 Å². The Morgan fingerprint density at radius 2 is 1.96 bits per heavy atom. The van der Waals surface area contributed by atoms with Gasteiger partial charge in [0.2, 0.25) is 0 Å². The number of hydrogen-bond donors (Lipinski definition) is 2. The molecule has 1 aromatic carbocycles. The monoisotopic (exact) mass is 483 g/mol. The average Bonchev–Trinajstić information content (AvgIpc) is 2.86. The van der Waals surface area contributed by atoms with E-state index in [0.717, 1.165) is 29.8 Å². The number of alkyl halides is 3. The third kappa shape index (κ3) is 7.00. The summed E-state index contributed by atoms with van der Waals surface area (Å²) in [6, 6.07) is 7.94. The molecule has 2 aromatic rings. The first-order chi connectivity index (χ1) is 11.9. The van der Waals surface area contributed by atoms with Crippen molar-refractivity contribution in [1.82, 2.24) is 20.2 Å². The maximum Gasteiger partial charge on any atom is 0.390 e. The van der Waals surface area contributed by atoms with Crippen LogP contribution in [0.4, 0.5) is 13.2 Å². The van der Waals surface area contributed by atoms with Crippen LogP contribution < -0.4 is 10.6 Å². The molecule has 0 saturated heterocycles. The minimum Gasteiger partial charge on any atom is -0.357 e. The molecular weight excluding hydrogens is 458 g/mol. The Morgan fingerprint density at radius 3 is 2.65 bits per heavy atom. The highest BCUT2D eigenvalue weighted by atomic mass is 127. The Kier molecular flexibility index (Phi) is 9.17. The van der Waals surface area contributed by atoms with E-state index >= 15 is 0 Å². The number of aromatic nitrogens is 2. The number of fused-ring (bicyclic) bond motifs is 1. The molecule has 1 aromatic heterocycles. The molecule has 0 aliphatic rings. The van der Waals surface area contributed by atoms with Crippen molar-refractivity contribution in [2.45, 2.75) is 39.4 Å². The highest BCUT2D eigenvalue weighted by Gasteiger charge is 2.26. The summed E-state index contributed by atoms with van der Waals surface area (Å²) in [6.45, 7) is 5.54. The number of nitrogens with zero attached hydrogens (tertiary/aromatic N) is 3. The van der Waals surface area contributed by atoms with E-state index in [1.807, 2.05) is 38.1 Å². The van der Waals surface area contributed by atoms with E-state index in [4.69, 9.17) is 0 Å². The Labute approximate surface area is 168 Å². The molecule has 5 nitrogen and oxygen atoms in total. The van der Waals surface area contributed by atoms with Crippen molar-refractivity contribution in [3.05, 3.63) is 30.1 Å². The fourth-order valence-electron chi connectivity index (χ4n) is 2.56. The third-order valence-electron chi connectivity index (χ3n) is 3.70. The van der Waals surface area contributed by atoms with Gasteiger partial charge in [-0.05, 0) is 32.4 Å². The Hall–Kier alpha value is -1.52. The lowest BCUT2D eigenvalue weighted by Crippen LogP contribution is -2.39. The van der Waals surface area contributed by atoms with Gasteiger partial charge < -0.3 is 15.2 Å². The molecule has 2 N–H and O–H groups in total. The number of para-hydroxylation sites is 2. The van der Waals surface area contributed by atoms with Gasteiger partial charge in [-0.3, -0.25) is 4.99 Å².